The van der Waals surface area contributed by atoms with Gasteiger partial charge in [0.15, 0.2) is 0 Å². The van der Waals surface area contributed by atoms with Gasteiger partial charge >= 0.3 is 6.98 Å². The van der Waals surface area contributed by atoms with Crippen LogP contribution in [0.4, 0.5) is 23.0 Å². The molecule has 1 aliphatic rings. The molecule has 7 heteroatoms. The van der Waals surface area contributed by atoms with Gasteiger partial charge in [-0.1, -0.05) is 12.1 Å². The highest BCUT2D eigenvalue weighted by atomic mass is 19.4. The molecule has 0 atom stereocenters. The molecular formula is C8H5BF4NO-. The topological polar surface area (TPSA) is 29.1 Å². The quantitative estimate of drug-likeness (QED) is 0.559. The first-order valence-corrected chi connectivity index (χ1v) is 4.20. The van der Waals surface area contributed by atoms with E-state index in [-0.39, 0.29) is 17.7 Å². The molecule has 0 unspecified atom stereocenters. The number of anilines is 1. The zero-order chi connectivity index (χ0) is 11.2. The van der Waals surface area contributed by atoms with E-state index in [4.69, 9.17) is 0 Å². The highest BCUT2D eigenvalue weighted by Crippen LogP contribution is 2.26. The van der Waals surface area contributed by atoms with Gasteiger partial charge in [-0.25, -0.2) is 4.39 Å². The van der Waals surface area contributed by atoms with Gasteiger partial charge in [0.05, 0.1) is 12.1 Å². The minimum atomic E-state index is -5.23. The summed E-state index contributed by atoms with van der Waals surface area (Å²) in [5.74, 6) is -1.52. The lowest BCUT2D eigenvalue weighted by molar-refractivity contribution is -0.115. The number of amides is 1. The second kappa shape index (κ2) is 2.98. The van der Waals surface area contributed by atoms with Gasteiger partial charge in [-0.15, -0.1) is 5.46 Å². The first-order chi connectivity index (χ1) is 6.88. The number of hydrogen-bond donors (Lipinski definition) is 1. The Balaban J connectivity index is 2.54. The van der Waals surface area contributed by atoms with Gasteiger partial charge in [0.1, 0.15) is 5.82 Å². The molecule has 1 aliphatic heterocycles. The molecule has 0 radical (unpaired) electrons. The van der Waals surface area contributed by atoms with Gasteiger partial charge in [0.2, 0.25) is 5.91 Å². The summed E-state index contributed by atoms with van der Waals surface area (Å²) in [6, 6.07) is 1.22. The van der Waals surface area contributed by atoms with Gasteiger partial charge in [-0.05, 0) is 5.56 Å². The van der Waals surface area contributed by atoms with Crippen molar-refractivity contribution in [3.05, 3.63) is 23.5 Å². The number of carbonyl (C=O) groups excluding carboxylic acids is 1. The Kier molecular flexibility index (Phi) is 1.99. The lowest BCUT2D eigenvalue weighted by Crippen LogP contribution is -2.34. The van der Waals surface area contributed by atoms with E-state index in [1.807, 2.05) is 0 Å². The molecule has 1 N–H and O–H groups in total. The van der Waals surface area contributed by atoms with Crippen LogP contribution in [0.2, 0.25) is 0 Å². The van der Waals surface area contributed by atoms with Crippen LogP contribution in [0.5, 0.6) is 0 Å². The van der Waals surface area contributed by atoms with Crippen molar-refractivity contribution in [3.8, 4) is 0 Å². The molecule has 80 valence electrons. The van der Waals surface area contributed by atoms with Crippen LogP contribution >= 0.6 is 0 Å². The number of benzene rings is 1. The van der Waals surface area contributed by atoms with Crippen molar-refractivity contribution in [3.63, 3.8) is 0 Å². The van der Waals surface area contributed by atoms with E-state index in [1.54, 1.807) is 0 Å². The van der Waals surface area contributed by atoms with E-state index >= 15 is 0 Å². The standard InChI is InChI=1S/C8H5BF4NO/c10-6-3-5(9(11,12)13)1-4-2-7(15)14-8(4)6/h1,3H,2H2,(H,14,15)/q-1. The van der Waals surface area contributed by atoms with Crippen molar-refractivity contribution < 1.29 is 22.1 Å². The summed E-state index contributed by atoms with van der Waals surface area (Å²) in [6.45, 7) is -5.23. The predicted molar refractivity (Wildman–Crippen MR) is 47.4 cm³/mol. The summed E-state index contributed by atoms with van der Waals surface area (Å²) >= 11 is 0. The van der Waals surface area contributed by atoms with Crippen molar-refractivity contribution >= 4 is 24.0 Å². The summed E-state index contributed by atoms with van der Waals surface area (Å²) in [4.78, 5) is 10.9. The molecule has 0 aromatic heterocycles. The van der Waals surface area contributed by atoms with Crippen LogP contribution in [-0.2, 0) is 11.2 Å². The molecule has 1 aromatic carbocycles. The summed E-state index contributed by atoms with van der Waals surface area (Å²) in [5.41, 5.74) is -1.08. The Labute approximate surface area is 82.3 Å². The molecule has 0 saturated carbocycles. The van der Waals surface area contributed by atoms with Crippen LogP contribution in [-0.4, -0.2) is 12.9 Å². The zero-order valence-corrected chi connectivity index (χ0v) is 7.36. The van der Waals surface area contributed by atoms with Gasteiger partial charge in [0, 0.05) is 0 Å². The molecule has 1 aromatic rings. The van der Waals surface area contributed by atoms with E-state index in [0.29, 0.717) is 6.07 Å². The predicted octanol–water partition coefficient (Wildman–Crippen LogP) is 1.37. The lowest BCUT2D eigenvalue weighted by atomic mass is 9.79. The smallest absolute Gasteiger partial charge is 0.445 e. The molecule has 0 saturated heterocycles. The number of halogens is 4. The fraction of sp³-hybridized carbons (Fsp3) is 0.125. The maximum absolute atomic E-state index is 13.2. The van der Waals surface area contributed by atoms with Gasteiger partial charge in [-0.3, -0.25) is 4.79 Å². The van der Waals surface area contributed by atoms with Gasteiger partial charge < -0.3 is 18.3 Å². The van der Waals surface area contributed by atoms with Crippen LogP contribution in [0.3, 0.4) is 0 Å². The maximum Gasteiger partial charge on any atom is 0.509 e. The van der Waals surface area contributed by atoms with Crippen molar-refractivity contribution in [2.45, 2.75) is 6.42 Å². The van der Waals surface area contributed by atoms with Gasteiger partial charge in [-0.2, -0.15) is 0 Å². The van der Waals surface area contributed by atoms with Crippen LogP contribution in [0.15, 0.2) is 12.1 Å². The zero-order valence-electron chi connectivity index (χ0n) is 7.36. The van der Waals surface area contributed by atoms with E-state index in [2.05, 4.69) is 5.32 Å². The molecule has 2 nitrogen and oxygen atoms in total. The molecule has 0 spiro atoms. The molecule has 0 bridgehead atoms. The summed E-state index contributed by atoms with van der Waals surface area (Å²) in [6.07, 6.45) is -0.202. The first-order valence-electron chi connectivity index (χ1n) is 4.20. The second-order valence-corrected chi connectivity index (χ2v) is 3.34. The molecule has 0 fully saturated rings. The SMILES string of the molecule is O=C1Cc2cc([B-](F)(F)F)cc(F)c2N1. The summed E-state index contributed by atoms with van der Waals surface area (Å²) < 4.78 is 50.1. The summed E-state index contributed by atoms with van der Waals surface area (Å²) in [7, 11) is 0. The molecule has 2 rings (SSSR count). The van der Waals surface area contributed by atoms with Crippen LogP contribution in [0.1, 0.15) is 5.56 Å². The van der Waals surface area contributed by atoms with Crippen LogP contribution < -0.4 is 10.8 Å². The molecular weight excluding hydrogens is 213 g/mol. The molecule has 1 heterocycles. The summed E-state index contributed by atoms with van der Waals surface area (Å²) in [5, 5.41) is 2.17. The molecule has 0 aliphatic carbocycles. The molecule has 15 heavy (non-hydrogen) atoms. The molecule has 1 amide bonds. The average Bonchev–Trinajstić information content (AvgIpc) is 2.44. The largest absolute Gasteiger partial charge is 0.509 e. The monoisotopic (exact) mass is 218 g/mol. The third kappa shape index (κ3) is 1.69. The maximum atomic E-state index is 13.2. The second-order valence-electron chi connectivity index (χ2n) is 3.34. The highest BCUT2D eigenvalue weighted by Gasteiger charge is 2.30. The van der Waals surface area contributed by atoms with E-state index in [9.17, 15) is 22.1 Å². The van der Waals surface area contributed by atoms with E-state index in [1.165, 1.54) is 0 Å². The minimum absolute atomic E-state index is 0.0641. The fourth-order valence-corrected chi connectivity index (χ4v) is 1.51. The number of rotatable bonds is 1. The lowest BCUT2D eigenvalue weighted by Gasteiger charge is -2.16. The van der Waals surface area contributed by atoms with Crippen LogP contribution in [0, 0.1) is 5.82 Å². The van der Waals surface area contributed by atoms with Crippen molar-refractivity contribution in [2.75, 3.05) is 5.32 Å². The van der Waals surface area contributed by atoms with Crippen molar-refractivity contribution in [1.82, 2.24) is 0 Å². The normalized spacial score (nSPS) is 15.1. The Hall–Kier alpha value is -1.53. The van der Waals surface area contributed by atoms with E-state index in [0.717, 1.165) is 6.07 Å². The number of hydrogen-bond acceptors (Lipinski definition) is 1. The highest BCUT2D eigenvalue weighted by molar-refractivity contribution is 6.73. The Morgan fingerprint density at radius 2 is 1.93 bits per heavy atom. The Morgan fingerprint density at radius 3 is 2.53 bits per heavy atom. The number of fused-ring (bicyclic) bond motifs is 1. The van der Waals surface area contributed by atoms with Crippen molar-refractivity contribution in [1.29, 1.82) is 0 Å². The van der Waals surface area contributed by atoms with Crippen LogP contribution in [0.25, 0.3) is 0 Å². The van der Waals surface area contributed by atoms with E-state index < -0.39 is 24.2 Å². The van der Waals surface area contributed by atoms with Crippen molar-refractivity contribution in [2.24, 2.45) is 0 Å². The Morgan fingerprint density at radius 1 is 1.27 bits per heavy atom. The third-order valence-corrected chi connectivity index (χ3v) is 2.19. The van der Waals surface area contributed by atoms with Gasteiger partial charge in [0.25, 0.3) is 0 Å². The number of nitrogens with one attached hydrogen (secondary N) is 1. The Bertz CT molecular complexity index is 443. The number of carbonyl (C=O) groups is 1. The first kappa shape index (κ1) is 10.0. The fourth-order valence-electron chi connectivity index (χ4n) is 1.51. The third-order valence-electron chi connectivity index (χ3n) is 2.19. The minimum Gasteiger partial charge on any atom is -0.445 e. The average molecular weight is 218 g/mol.